The lowest BCUT2D eigenvalue weighted by molar-refractivity contribution is -0.385. The molecule has 0 unspecified atom stereocenters. The third-order valence-corrected chi connectivity index (χ3v) is 7.22. The van der Waals surface area contributed by atoms with E-state index in [9.17, 15) is 19.7 Å². The van der Waals surface area contributed by atoms with Crippen molar-refractivity contribution in [3.05, 3.63) is 111 Å². The van der Waals surface area contributed by atoms with Gasteiger partial charge in [0.2, 0.25) is 5.75 Å². The van der Waals surface area contributed by atoms with Gasteiger partial charge in [0.25, 0.3) is 11.2 Å². The summed E-state index contributed by atoms with van der Waals surface area (Å²) in [5, 5.41) is 12.1. The van der Waals surface area contributed by atoms with Gasteiger partial charge in [0, 0.05) is 23.0 Å². The van der Waals surface area contributed by atoms with Crippen LogP contribution in [0.3, 0.4) is 0 Å². The number of pyridine rings is 1. The second-order valence-electron chi connectivity index (χ2n) is 9.74. The molecule has 2 N–H and O–H groups in total. The number of carbonyl (C=O) groups excluding carboxylic acids is 1. The first kappa shape index (κ1) is 30.4. The van der Waals surface area contributed by atoms with E-state index in [2.05, 4.69) is 0 Å². The van der Waals surface area contributed by atoms with Crippen molar-refractivity contribution in [2.45, 2.75) is 6.61 Å². The fraction of sp³-hybridized carbons (Fsp3) is 0.152. The zero-order chi connectivity index (χ0) is 32.2. The summed E-state index contributed by atoms with van der Waals surface area (Å²) in [5.74, 6) is 0.496. The molecule has 1 aromatic heterocycles. The first-order valence-corrected chi connectivity index (χ1v) is 13.5. The largest absolute Gasteiger partial charge is 0.493 e. The second-order valence-corrected chi connectivity index (χ2v) is 9.74. The number of ether oxygens (including phenoxy) is 5. The van der Waals surface area contributed by atoms with Gasteiger partial charge in [-0.15, -0.1) is 0 Å². The molecule has 0 saturated carbocycles. The van der Waals surface area contributed by atoms with E-state index >= 15 is 0 Å². The number of para-hydroxylation sites is 1. The van der Waals surface area contributed by atoms with Crippen LogP contribution in [0.15, 0.2) is 83.7 Å². The van der Waals surface area contributed by atoms with Gasteiger partial charge < -0.3 is 29.4 Å². The topological polar surface area (TPSA) is 154 Å². The maximum atomic E-state index is 14.3. The monoisotopic (exact) mass is 611 g/mol. The summed E-state index contributed by atoms with van der Waals surface area (Å²) >= 11 is 0. The molecule has 0 aliphatic carbocycles. The number of nitrogen functional groups attached to an aromatic ring is 1. The quantitative estimate of drug-likeness (QED) is 0.0921. The molecule has 0 spiro atoms. The molecule has 0 saturated heterocycles. The Morgan fingerprint density at radius 3 is 2.13 bits per heavy atom. The molecule has 0 bridgehead atoms. The number of aromatic nitrogens is 1. The van der Waals surface area contributed by atoms with Crippen molar-refractivity contribution >= 4 is 28.1 Å². The number of nitrogens with two attached hydrogens (primary N) is 1. The molecular formula is C33H29N3O9. The van der Waals surface area contributed by atoms with Gasteiger partial charge in [-0.1, -0.05) is 12.1 Å². The van der Waals surface area contributed by atoms with Gasteiger partial charge in [0.1, 0.15) is 18.1 Å². The Kier molecular flexibility index (Phi) is 8.57. The second kappa shape index (κ2) is 12.7. The van der Waals surface area contributed by atoms with Crippen LogP contribution in [-0.4, -0.2) is 43.9 Å². The summed E-state index contributed by atoms with van der Waals surface area (Å²) in [4.78, 5) is 38.8. The van der Waals surface area contributed by atoms with E-state index in [4.69, 9.17) is 29.4 Å². The Morgan fingerprint density at radius 1 is 0.867 bits per heavy atom. The van der Waals surface area contributed by atoms with Crippen LogP contribution in [0, 0.1) is 10.1 Å². The lowest BCUT2D eigenvalue weighted by Crippen LogP contribution is -2.27. The maximum Gasteiger partial charge on any atom is 0.355 e. The molecule has 5 aromatic rings. The van der Waals surface area contributed by atoms with Crippen LogP contribution >= 0.6 is 0 Å². The van der Waals surface area contributed by atoms with Crippen LogP contribution < -0.4 is 30.2 Å². The highest BCUT2D eigenvalue weighted by Crippen LogP contribution is 2.44. The number of nitro groups is 1. The highest BCUT2D eigenvalue weighted by molar-refractivity contribution is 6.08. The molecule has 1 heterocycles. The van der Waals surface area contributed by atoms with Gasteiger partial charge in [0.15, 0.2) is 11.5 Å². The van der Waals surface area contributed by atoms with Crippen LogP contribution in [-0.2, 0) is 11.3 Å². The SMILES string of the molecule is COC(=O)c1c(-c2cc(OC)c(OC)c(OC)c2)c2ccc(OCc3ccccc3[N+](=O)[O-])cc2c(=O)n1-c1ccc(N)cc1. The lowest BCUT2D eigenvalue weighted by atomic mass is 9.95. The van der Waals surface area contributed by atoms with E-state index in [1.165, 1.54) is 45.1 Å². The van der Waals surface area contributed by atoms with Crippen molar-refractivity contribution in [1.82, 2.24) is 4.57 Å². The number of benzene rings is 4. The van der Waals surface area contributed by atoms with Crippen LogP contribution in [0.4, 0.5) is 11.4 Å². The normalized spacial score (nSPS) is 10.8. The predicted octanol–water partition coefficient (Wildman–Crippen LogP) is 5.54. The van der Waals surface area contributed by atoms with E-state index in [1.54, 1.807) is 66.7 Å². The molecule has 0 radical (unpaired) electrons. The minimum absolute atomic E-state index is 0.0531. The van der Waals surface area contributed by atoms with E-state index < -0.39 is 16.5 Å². The number of nitro benzene ring substituents is 1. The van der Waals surface area contributed by atoms with Crippen molar-refractivity contribution in [1.29, 1.82) is 0 Å². The van der Waals surface area contributed by atoms with Crippen molar-refractivity contribution in [2.75, 3.05) is 34.2 Å². The zero-order valence-electron chi connectivity index (χ0n) is 24.9. The number of nitrogens with zero attached hydrogens (tertiary/aromatic N) is 2. The van der Waals surface area contributed by atoms with E-state index in [1.807, 2.05) is 0 Å². The molecular weight excluding hydrogens is 582 g/mol. The molecule has 4 aromatic carbocycles. The van der Waals surface area contributed by atoms with Crippen molar-refractivity contribution in [2.24, 2.45) is 0 Å². The summed E-state index contributed by atoms with van der Waals surface area (Å²) in [7, 11) is 5.64. The van der Waals surface area contributed by atoms with Crippen molar-refractivity contribution in [3.63, 3.8) is 0 Å². The summed E-state index contributed by atoms with van der Waals surface area (Å²) in [6.07, 6.45) is 0. The maximum absolute atomic E-state index is 14.3. The third kappa shape index (κ3) is 5.68. The number of fused-ring (bicyclic) bond motifs is 1. The molecule has 0 atom stereocenters. The minimum Gasteiger partial charge on any atom is -0.493 e. The van der Waals surface area contributed by atoms with E-state index in [0.29, 0.717) is 50.7 Å². The highest BCUT2D eigenvalue weighted by Gasteiger charge is 2.27. The third-order valence-electron chi connectivity index (χ3n) is 7.22. The number of rotatable bonds is 10. The average Bonchev–Trinajstić information content (AvgIpc) is 3.06. The molecule has 230 valence electrons. The van der Waals surface area contributed by atoms with Crippen LogP contribution in [0.2, 0.25) is 0 Å². The molecule has 0 aliphatic heterocycles. The number of carbonyl (C=O) groups is 1. The van der Waals surface area contributed by atoms with Gasteiger partial charge in [-0.2, -0.15) is 0 Å². The Bertz CT molecular complexity index is 1960. The van der Waals surface area contributed by atoms with Crippen molar-refractivity contribution < 1.29 is 33.4 Å². The van der Waals surface area contributed by atoms with Crippen LogP contribution in [0.25, 0.3) is 27.6 Å². The van der Waals surface area contributed by atoms with Crippen molar-refractivity contribution in [3.8, 4) is 39.8 Å². The molecule has 5 rings (SSSR count). The molecule has 12 nitrogen and oxygen atoms in total. The fourth-order valence-corrected chi connectivity index (χ4v) is 5.12. The molecule has 0 aliphatic rings. The average molecular weight is 612 g/mol. The van der Waals surface area contributed by atoms with Crippen LogP contribution in [0.5, 0.6) is 23.0 Å². The summed E-state index contributed by atoms with van der Waals surface area (Å²) in [5.41, 5.74) is 7.23. The Balaban J connectivity index is 1.82. The first-order valence-electron chi connectivity index (χ1n) is 13.5. The van der Waals surface area contributed by atoms with Gasteiger partial charge in [-0.3, -0.25) is 19.5 Å². The van der Waals surface area contributed by atoms with E-state index in [-0.39, 0.29) is 29.1 Å². The summed E-state index contributed by atoms with van der Waals surface area (Å²) in [6.45, 7) is -0.116. The van der Waals surface area contributed by atoms with E-state index in [0.717, 1.165) is 0 Å². The standard InChI is InChI=1S/C33H29N3O9/c1-41-27-15-20(16-28(42-2)31(27)43-3)29-24-14-13-23(45-18-19-7-5-6-8-26(19)36(39)40)17-25(24)32(37)35(30(29)33(38)44-4)22-11-9-21(34)10-12-22/h5-17H,18,34H2,1-4H3. The Morgan fingerprint density at radius 2 is 1.53 bits per heavy atom. The van der Waals surface area contributed by atoms with Gasteiger partial charge in [-0.05, 0) is 71.6 Å². The Hall–Kier alpha value is -6.04. The molecule has 0 amide bonds. The predicted molar refractivity (Wildman–Crippen MR) is 168 cm³/mol. The van der Waals surface area contributed by atoms with Gasteiger partial charge >= 0.3 is 5.97 Å². The molecule has 0 fully saturated rings. The number of esters is 1. The number of methoxy groups -OCH3 is 4. The first-order chi connectivity index (χ1) is 21.7. The fourth-order valence-electron chi connectivity index (χ4n) is 5.12. The number of hydrogen-bond acceptors (Lipinski definition) is 10. The smallest absolute Gasteiger partial charge is 0.355 e. The Labute approximate surface area is 257 Å². The van der Waals surface area contributed by atoms with Crippen LogP contribution in [0.1, 0.15) is 16.1 Å². The molecule has 45 heavy (non-hydrogen) atoms. The highest BCUT2D eigenvalue weighted by atomic mass is 16.6. The van der Waals surface area contributed by atoms with Gasteiger partial charge in [0.05, 0.1) is 44.3 Å². The minimum atomic E-state index is -0.772. The zero-order valence-corrected chi connectivity index (χ0v) is 24.9. The lowest BCUT2D eigenvalue weighted by Gasteiger charge is -2.21. The van der Waals surface area contributed by atoms with Gasteiger partial charge in [-0.25, -0.2) is 4.79 Å². The summed E-state index contributed by atoms with van der Waals surface area (Å²) < 4.78 is 29.0. The molecule has 12 heteroatoms. The number of hydrogen-bond donors (Lipinski definition) is 1. The number of anilines is 1. The summed E-state index contributed by atoms with van der Waals surface area (Å²) in [6, 6.07) is 20.8.